The number of amides is 2. The fourth-order valence-corrected chi connectivity index (χ4v) is 5.11. The Morgan fingerprint density at radius 3 is 2.63 bits per heavy atom. The summed E-state index contributed by atoms with van der Waals surface area (Å²) in [5, 5.41) is 1.13. The van der Waals surface area contributed by atoms with Gasteiger partial charge in [-0.25, -0.2) is 0 Å². The summed E-state index contributed by atoms with van der Waals surface area (Å²) in [4.78, 5) is 33.8. The summed E-state index contributed by atoms with van der Waals surface area (Å²) in [6.07, 6.45) is 0.524. The molecule has 6 heteroatoms. The molecule has 1 aromatic heterocycles. The predicted octanol–water partition coefficient (Wildman–Crippen LogP) is 3.21. The maximum absolute atomic E-state index is 13.5. The third-order valence-electron chi connectivity index (χ3n) is 6.48. The van der Waals surface area contributed by atoms with Crippen LogP contribution in [0.15, 0.2) is 48.5 Å². The van der Waals surface area contributed by atoms with Gasteiger partial charge in [-0.05, 0) is 31.5 Å². The highest BCUT2D eigenvalue weighted by atomic mass is 16.5. The Labute approximate surface area is 175 Å². The summed E-state index contributed by atoms with van der Waals surface area (Å²) < 4.78 is 5.44. The number of methoxy groups -OCH3 is 1. The van der Waals surface area contributed by atoms with Crippen LogP contribution in [0.25, 0.3) is 10.9 Å². The lowest BCUT2D eigenvalue weighted by molar-refractivity contribution is -0.164. The van der Waals surface area contributed by atoms with Gasteiger partial charge in [0, 0.05) is 35.1 Å². The maximum atomic E-state index is 13.5. The van der Waals surface area contributed by atoms with Crippen molar-refractivity contribution in [3.05, 3.63) is 65.4 Å². The van der Waals surface area contributed by atoms with E-state index in [2.05, 4.69) is 11.1 Å². The first-order valence-electron chi connectivity index (χ1n) is 10.2. The molecule has 0 saturated carbocycles. The van der Waals surface area contributed by atoms with E-state index in [4.69, 9.17) is 4.74 Å². The number of carbonyl (C=O) groups excluding carboxylic acids is 2. The van der Waals surface area contributed by atoms with Gasteiger partial charge in [0.2, 0.25) is 11.8 Å². The standard InChI is InChI=1S/C24H25N3O3/c1-24(2)22-17(16-9-5-6-10-18(16)25-22)12-19-23(29)26(14-21(28)27(19)24)13-15-8-4-7-11-20(15)30-3/h4-11,19,25H,12-14H2,1-3H3/t19-/m0/s1. The third-order valence-corrected chi connectivity index (χ3v) is 6.48. The second kappa shape index (κ2) is 6.62. The number of H-pyrrole nitrogens is 1. The van der Waals surface area contributed by atoms with Crippen molar-refractivity contribution in [2.75, 3.05) is 13.7 Å². The molecule has 2 amide bonds. The fourth-order valence-electron chi connectivity index (χ4n) is 5.11. The van der Waals surface area contributed by atoms with E-state index in [1.807, 2.05) is 56.3 Å². The van der Waals surface area contributed by atoms with Crippen molar-refractivity contribution in [3.8, 4) is 5.75 Å². The van der Waals surface area contributed by atoms with Crippen molar-refractivity contribution in [1.82, 2.24) is 14.8 Å². The van der Waals surface area contributed by atoms with Crippen LogP contribution in [0.2, 0.25) is 0 Å². The minimum atomic E-state index is -0.583. The largest absolute Gasteiger partial charge is 0.496 e. The monoisotopic (exact) mass is 403 g/mol. The molecule has 2 aliphatic heterocycles. The zero-order chi connectivity index (χ0) is 21.0. The Balaban J connectivity index is 1.54. The molecule has 2 aliphatic rings. The molecule has 2 aromatic carbocycles. The minimum absolute atomic E-state index is 0.00971. The molecule has 1 N–H and O–H groups in total. The molecule has 0 radical (unpaired) electrons. The molecule has 3 aromatic rings. The normalized spacial score (nSPS) is 20.3. The Hall–Kier alpha value is -3.28. The van der Waals surface area contributed by atoms with Crippen LogP contribution in [-0.2, 0) is 28.1 Å². The Bertz CT molecular complexity index is 1160. The van der Waals surface area contributed by atoms with Gasteiger partial charge in [0.15, 0.2) is 0 Å². The highest BCUT2D eigenvalue weighted by Gasteiger charge is 2.51. The van der Waals surface area contributed by atoms with Crippen molar-refractivity contribution >= 4 is 22.7 Å². The van der Waals surface area contributed by atoms with Gasteiger partial charge in [-0.3, -0.25) is 9.59 Å². The Kier molecular flexibility index (Phi) is 4.13. The van der Waals surface area contributed by atoms with Crippen LogP contribution in [0.1, 0.15) is 30.7 Å². The van der Waals surface area contributed by atoms with Crippen LogP contribution in [0.5, 0.6) is 5.75 Å². The number of nitrogens with zero attached hydrogens (tertiary/aromatic N) is 2. The molecule has 3 heterocycles. The SMILES string of the molecule is COc1ccccc1CN1CC(=O)N2[C@@H](Cc3c([nH]c4ccccc34)C2(C)C)C1=O. The van der Waals surface area contributed by atoms with Gasteiger partial charge in [0.1, 0.15) is 18.3 Å². The summed E-state index contributed by atoms with van der Waals surface area (Å²) in [7, 11) is 1.62. The molecule has 6 nitrogen and oxygen atoms in total. The molecule has 5 rings (SSSR count). The minimum Gasteiger partial charge on any atom is -0.496 e. The second-order valence-electron chi connectivity index (χ2n) is 8.57. The van der Waals surface area contributed by atoms with E-state index in [0.29, 0.717) is 13.0 Å². The first-order valence-corrected chi connectivity index (χ1v) is 10.2. The average Bonchev–Trinajstić information content (AvgIpc) is 3.11. The van der Waals surface area contributed by atoms with E-state index in [1.54, 1.807) is 16.9 Å². The van der Waals surface area contributed by atoms with Crippen LogP contribution in [0, 0.1) is 0 Å². The number of fused-ring (bicyclic) bond motifs is 4. The zero-order valence-electron chi connectivity index (χ0n) is 17.4. The van der Waals surface area contributed by atoms with E-state index < -0.39 is 11.6 Å². The summed E-state index contributed by atoms with van der Waals surface area (Å²) >= 11 is 0. The number of para-hydroxylation sites is 2. The number of piperazine rings is 1. The molecule has 1 saturated heterocycles. The van der Waals surface area contributed by atoms with Gasteiger partial charge in [0.05, 0.1) is 12.6 Å². The highest BCUT2D eigenvalue weighted by Crippen LogP contribution is 2.42. The number of aromatic nitrogens is 1. The van der Waals surface area contributed by atoms with Gasteiger partial charge in [-0.1, -0.05) is 36.4 Å². The van der Waals surface area contributed by atoms with E-state index in [9.17, 15) is 9.59 Å². The van der Waals surface area contributed by atoms with Crippen molar-refractivity contribution in [1.29, 1.82) is 0 Å². The lowest BCUT2D eigenvalue weighted by atomic mass is 9.82. The molecule has 30 heavy (non-hydrogen) atoms. The number of ether oxygens (including phenoxy) is 1. The molecule has 0 unspecified atom stereocenters. The van der Waals surface area contributed by atoms with Crippen molar-refractivity contribution < 1.29 is 14.3 Å². The van der Waals surface area contributed by atoms with Crippen LogP contribution in [-0.4, -0.2) is 46.3 Å². The molecular weight excluding hydrogens is 378 g/mol. The van der Waals surface area contributed by atoms with Gasteiger partial charge in [-0.15, -0.1) is 0 Å². The van der Waals surface area contributed by atoms with Crippen LogP contribution in [0.3, 0.4) is 0 Å². The Morgan fingerprint density at radius 2 is 1.83 bits per heavy atom. The number of rotatable bonds is 3. The van der Waals surface area contributed by atoms with Gasteiger partial charge in [0.25, 0.3) is 0 Å². The van der Waals surface area contributed by atoms with Gasteiger partial charge in [-0.2, -0.15) is 0 Å². The van der Waals surface area contributed by atoms with Crippen LogP contribution < -0.4 is 4.74 Å². The van der Waals surface area contributed by atoms with Crippen molar-refractivity contribution in [3.63, 3.8) is 0 Å². The Morgan fingerprint density at radius 1 is 1.10 bits per heavy atom. The highest BCUT2D eigenvalue weighted by molar-refractivity contribution is 5.97. The quantitative estimate of drug-likeness (QED) is 0.730. The summed E-state index contributed by atoms with van der Waals surface area (Å²) in [5.74, 6) is 0.691. The number of nitrogens with one attached hydrogen (secondary N) is 1. The topological polar surface area (TPSA) is 65.6 Å². The lowest BCUT2D eigenvalue weighted by Crippen LogP contribution is -2.66. The van der Waals surface area contributed by atoms with Crippen LogP contribution >= 0.6 is 0 Å². The molecule has 1 fully saturated rings. The number of benzene rings is 2. The number of carbonyl (C=O) groups is 2. The maximum Gasteiger partial charge on any atom is 0.246 e. The summed E-state index contributed by atoms with van der Waals surface area (Å²) in [6.45, 7) is 4.48. The van der Waals surface area contributed by atoms with Crippen molar-refractivity contribution in [2.24, 2.45) is 0 Å². The van der Waals surface area contributed by atoms with Gasteiger partial charge >= 0.3 is 0 Å². The molecule has 0 aliphatic carbocycles. The zero-order valence-corrected chi connectivity index (χ0v) is 17.4. The summed E-state index contributed by atoms with van der Waals surface area (Å²) in [5.41, 5.74) is 3.52. The molecule has 0 bridgehead atoms. The van der Waals surface area contributed by atoms with E-state index >= 15 is 0 Å². The molecular formula is C24H25N3O3. The first kappa shape index (κ1) is 18.7. The average molecular weight is 403 g/mol. The van der Waals surface area contributed by atoms with E-state index in [0.717, 1.165) is 33.5 Å². The van der Waals surface area contributed by atoms with E-state index in [-0.39, 0.29) is 18.4 Å². The fraction of sp³-hybridized carbons (Fsp3) is 0.333. The first-order chi connectivity index (χ1) is 14.4. The van der Waals surface area contributed by atoms with Crippen LogP contribution in [0.4, 0.5) is 0 Å². The lowest BCUT2D eigenvalue weighted by Gasteiger charge is -2.51. The number of aromatic amines is 1. The molecule has 0 spiro atoms. The second-order valence-corrected chi connectivity index (χ2v) is 8.57. The van der Waals surface area contributed by atoms with Gasteiger partial charge < -0.3 is 19.5 Å². The number of hydrogen-bond acceptors (Lipinski definition) is 3. The smallest absolute Gasteiger partial charge is 0.246 e. The van der Waals surface area contributed by atoms with Crippen molar-refractivity contribution in [2.45, 2.75) is 38.4 Å². The summed E-state index contributed by atoms with van der Waals surface area (Å²) in [6, 6.07) is 15.3. The number of hydrogen-bond donors (Lipinski definition) is 1. The third kappa shape index (κ3) is 2.63. The predicted molar refractivity (Wildman–Crippen MR) is 114 cm³/mol. The van der Waals surface area contributed by atoms with E-state index in [1.165, 1.54) is 0 Å². The molecule has 154 valence electrons. The molecule has 1 atom stereocenters.